The SMILES string of the molecule is Cc1cc(NS(C)(=O)=O)c2ccsc2c1. The van der Waals surface area contributed by atoms with Crippen molar-refractivity contribution in [3.63, 3.8) is 0 Å². The van der Waals surface area contributed by atoms with Crippen molar-refractivity contribution in [2.24, 2.45) is 0 Å². The van der Waals surface area contributed by atoms with Crippen LogP contribution in [-0.2, 0) is 10.0 Å². The van der Waals surface area contributed by atoms with Crippen LogP contribution in [0.25, 0.3) is 10.1 Å². The lowest BCUT2D eigenvalue weighted by Gasteiger charge is -2.06. The van der Waals surface area contributed by atoms with Crippen LogP contribution in [0.2, 0.25) is 0 Å². The summed E-state index contributed by atoms with van der Waals surface area (Å²) in [4.78, 5) is 0. The van der Waals surface area contributed by atoms with E-state index in [1.54, 1.807) is 11.3 Å². The fraction of sp³-hybridized carbons (Fsp3) is 0.200. The lowest BCUT2D eigenvalue weighted by Crippen LogP contribution is -2.09. The van der Waals surface area contributed by atoms with Gasteiger partial charge in [-0.25, -0.2) is 8.42 Å². The fourth-order valence-corrected chi connectivity index (χ4v) is 2.97. The molecule has 0 bridgehead atoms. The van der Waals surface area contributed by atoms with Gasteiger partial charge in [-0.1, -0.05) is 0 Å². The Hall–Kier alpha value is -1.07. The molecule has 0 fully saturated rings. The number of anilines is 1. The number of nitrogens with one attached hydrogen (secondary N) is 1. The van der Waals surface area contributed by atoms with Crippen molar-refractivity contribution >= 4 is 37.1 Å². The molecule has 0 atom stereocenters. The zero-order valence-corrected chi connectivity index (χ0v) is 10.1. The van der Waals surface area contributed by atoms with E-state index in [0.717, 1.165) is 21.9 Å². The van der Waals surface area contributed by atoms with E-state index in [9.17, 15) is 8.42 Å². The zero-order valence-electron chi connectivity index (χ0n) is 8.44. The molecule has 0 aliphatic heterocycles. The monoisotopic (exact) mass is 241 g/mol. The second kappa shape index (κ2) is 3.50. The van der Waals surface area contributed by atoms with Gasteiger partial charge in [0.05, 0.1) is 11.9 Å². The maximum Gasteiger partial charge on any atom is 0.229 e. The van der Waals surface area contributed by atoms with Crippen molar-refractivity contribution in [2.45, 2.75) is 6.92 Å². The van der Waals surface area contributed by atoms with Crippen molar-refractivity contribution in [1.29, 1.82) is 0 Å². The predicted octanol–water partition coefficient (Wildman–Crippen LogP) is 2.58. The molecule has 1 aromatic heterocycles. The molecule has 1 heterocycles. The van der Waals surface area contributed by atoms with Crippen LogP contribution in [0.15, 0.2) is 23.6 Å². The summed E-state index contributed by atoms with van der Waals surface area (Å²) < 4.78 is 26.0. The molecule has 15 heavy (non-hydrogen) atoms. The summed E-state index contributed by atoms with van der Waals surface area (Å²) in [6.07, 6.45) is 1.16. The van der Waals surface area contributed by atoms with E-state index in [-0.39, 0.29) is 0 Å². The Labute approximate surface area is 92.8 Å². The number of aryl methyl sites for hydroxylation is 1. The average Bonchev–Trinajstić information content (AvgIpc) is 2.48. The first kappa shape index (κ1) is 10.4. The van der Waals surface area contributed by atoms with E-state index >= 15 is 0 Å². The topological polar surface area (TPSA) is 46.2 Å². The molecular weight excluding hydrogens is 230 g/mol. The summed E-state index contributed by atoms with van der Waals surface area (Å²) >= 11 is 1.61. The van der Waals surface area contributed by atoms with E-state index in [4.69, 9.17) is 0 Å². The Morgan fingerprint density at radius 2 is 2.07 bits per heavy atom. The molecule has 0 aliphatic carbocycles. The summed E-state index contributed by atoms with van der Waals surface area (Å²) in [7, 11) is -3.21. The molecule has 5 heteroatoms. The second-order valence-electron chi connectivity index (χ2n) is 3.52. The van der Waals surface area contributed by atoms with Crippen molar-refractivity contribution in [1.82, 2.24) is 0 Å². The number of sulfonamides is 1. The third kappa shape index (κ3) is 2.30. The molecule has 0 aliphatic rings. The van der Waals surface area contributed by atoms with E-state index in [1.807, 2.05) is 30.5 Å². The number of hydrogen-bond acceptors (Lipinski definition) is 3. The Morgan fingerprint density at radius 3 is 2.73 bits per heavy atom. The quantitative estimate of drug-likeness (QED) is 0.878. The summed E-state index contributed by atoms with van der Waals surface area (Å²) in [5, 5.41) is 2.91. The van der Waals surface area contributed by atoms with Crippen LogP contribution in [0.1, 0.15) is 5.56 Å². The average molecular weight is 241 g/mol. The van der Waals surface area contributed by atoms with Crippen LogP contribution >= 0.6 is 11.3 Å². The Balaban J connectivity index is 2.63. The van der Waals surface area contributed by atoms with Crippen LogP contribution in [0.5, 0.6) is 0 Å². The molecule has 0 amide bonds. The number of fused-ring (bicyclic) bond motifs is 1. The predicted molar refractivity (Wildman–Crippen MR) is 65.0 cm³/mol. The lowest BCUT2D eigenvalue weighted by atomic mass is 10.1. The number of thiophene rings is 1. The molecule has 0 saturated carbocycles. The number of benzene rings is 1. The van der Waals surface area contributed by atoms with E-state index in [2.05, 4.69) is 4.72 Å². The Kier molecular flexibility index (Phi) is 2.44. The van der Waals surface area contributed by atoms with Crippen LogP contribution in [0.4, 0.5) is 5.69 Å². The zero-order chi connectivity index (χ0) is 11.1. The van der Waals surface area contributed by atoms with Gasteiger partial charge in [0.2, 0.25) is 10.0 Å². The highest BCUT2D eigenvalue weighted by Gasteiger charge is 2.07. The van der Waals surface area contributed by atoms with Gasteiger partial charge >= 0.3 is 0 Å². The highest BCUT2D eigenvalue weighted by molar-refractivity contribution is 7.92. The summed E-state index contributed by atoms with van der Waals surface area (Å²) in [6, 6.07) is 5.82. The molecule has 3 nitrogen and oxygen atoms in total. The summed E-state index contributed by atoms with van der Waals surface area (Å²) in [6.45, 7) is 1.95. The molecule has 0 unspecified atom stereocenters. The van der Waals surface area contributed by atoms with Crippen LogP contribution in [-0.4, -0.2) is 14.7 Å². The minimum absolute atomic E-state index is 0.661. The fourth-order valence-electron chi connectivity index (χ4n) is 1.49. The molecule has 80 valence electrons. The van der Waals surface area contributed by atoms with Gasteiger partial charge in [0.1, 0.15) is 0 Å². The third-order valence-corrected chi connectivity index (χ3v) is 3.47. The maximum atomic E-state index is 11.2. The van der Waals surface area contributed by atoms with Gasteiger partial charge in [-0.05, 0) is 36.1 Å². The minimum Gasteiger partial charge on any atom is -0.283 e. The molecule has 1 N–H and O–H groups in total. The Bertz CT molecular complexity index is 599. The standard InChI is InChI=1S/C10H11NO2S2/c1-7-5-9(11-15(2,12)13)8-3-4-14-10(8)6-7/h3-6,11H,1-2H3. The highest BCUT2D eigenvalue weighted by atomic mass is 32.2. The minimum atomic E-state index is -3.21. The van der Waals surface area contributed by atoms with Crippen molar-refractivity contribution in [3.05, 3.63) is 29.1 Å². The van der Waals surface area contributed by atoms with Gasteiger partial charge in [-0.3, -0.25) is 4.72 Å². The first-order valence-corrected chi connectivity index (χ1v) is 7.18. The van der Waals surface area contributed by atoms with Gasteiger partial charge in [-0.2, -0.15) is 0 Å². The Morgan fingerprint density at radius 1 is 1.33 bits per heavy atom. The first-order chi connectivity index (χ1) is 6.96. The molecule has 2 aromatic rings. The molecule has 2 rings (SSSR count). The largest absolute Gasteiger partial charge is 0.283 e. The van der Waals surface area contributed by atoms with Crippen molar-refractivity contribution in [3.8, 4) is 0 Å². The van der Waals surface area contributed by atoms with Gasteiger partial charge in [0, 0.05) is 10.1 Å². The van der Waals surface area contributed by atoms with Gasteiger partial charge in [0.15, 0.2) is 0 Å². The van der Waals surface area contributed by atoms with E-state index in [1.165, 1.54) is 0 Å². The number of rotatable bonds is 2. The van der Waals surface area contributed by atoms with Crippen molar-refractivity contribution < 1.29 is 8.42 Å². The first-order valence-electron chi connectivity index (χ1n) is 4.41. The van der Waals surface area contributed by atoms with Crippen molar-refractivity contribution in [2.75, 3.05) is 11.0 Å². The summed E-state index contributed by atoms with van der Waals surface area (Å²) in [5.74, 6) is 0. The molecule has 0 saturated heterocycles. The molecule has 0 radical (unpaired) electrons. The van der Waals surface area contributed by atoms with E-state index < -0.39 is 10.0 Å². The second-order valence-corrected chi connectivity index (χ2v) is 6.22. The molecule has 1 aromatic carbocycles. The maximum absolute atomic E-state index is 11.2. The van der Waals surface area contributed by atoms with E-state index in [0.29, 0.717) is 5.69 Å². The third-order valence-electron chi connectivity index (χ3n) is 2.01. The van der Waals surface area contributed by atoms with Crippen LogP contribution < -0.4 is 4.72 Å². The van der Waals surface area contributed by atoms with Crippen LogP contribution in [0, 0.1) is 6.92 Å². The lowest BCUT2D eigenvalue weighted by molar-refractivity contribution is 0.607. The van der Waals surface area contributed by atoms with Gasteiger partial charge < -0.3 is 0 Å². The molecule has 0 spiro atoms. The summed E-state index contributed by atoms with van der Waals surface area (Å²) in [5.41, 5.74) is 1.71. The van der Waals surface area contributed by atoms with Gasteiger partial charge in [0.25, 0.3) is 0 Å². The number of hydrogen-bond donors (Lipinski definition) is 1. The normalized spacial score (nSPS) is 11.9. The molecular formula is C10H11NO2S2. The highest BCUT2D eigenvalue weighted by Crippen LogP contribution is 2.29. The van der Waals surface area contributed by atoms with Crippen LogP contribution in [0.3, 0.4) is 0 Å². The van der Waals surface area contributed by atoms with Gasteiger partial charge in [-0.15, -0.1) is 11.3 Å². The smallest absolute Gasteiger partial charge is 0.229 e.